The fourth-order valence-corrected chi connectivity index (χ4v) is 3.54. The number of nitrogens with zero attached hydrogens (tertiary/aromatic N) is 4. The normalized spacial score (nSPS) is 17.5. The van der Waals surface area contributed by atoms with Gasteiger partial charge in [-0.05, 0) is 24.8 Å². The second-order valence-corrected chi connectivity index (χ2v) is 7.96. The molecule has 0 radical (unpaired) electrons. The molecular weight excluding hydrogens is 391 g/mol. The Morgan fingerprint density at radius 2 is 2.00 bits per heavy atom. The van der Waals surface area contributed by atoms with Gasteiger partial charge < -0.3 is 15.1 Å². The van der Waals surface area contributed by atoms with E-state index in [1.807, 2.05) is 16.3 Å². The van der Waals surface area contributed by atoms with Gasteiger partial charge in [0.15, 0.2) is 5.96 Å². The van der Waals surface area contributed by atoms with Crippen LogP contribution in [0.2, 0.25) is 0 Å². The second-order valence-electron chi connectivity index (χ2n) is 6.92. The minimum absolute atomic E-state index is 0.00744. The van der Waals surface area contributed by atoms with E-state index in [0.717, 1.165) is 6.42 Å². The van der Waals surface area contributed by atoms with Crippen LogP contribution in [-0.4, -0.2) is 92.1 Å². The highest BCUT2D eigenvalue weighted by Gasteiger charge is 2.41. The first-order valence-corrected chi connectivity index (χ1v) is 10.1. The highest BCUT2D eigenvalue weighted by Crippen LogP contribution is 2.25. The van der Waals surface area contributed by atoms with Crippen molar-refractivity contribution < 1.29 is 18.0 Å². The molecule has 6 nitrogen and oxygen atoms in total. The third-order valence-corrected chi connectivity index (χ3v) is 5.67. The first kappa shape index (κ1) is 22.5. The Bertz CT molecular complexity index is 640. The molecule has 0 aliphatic carbocycles. The number of nitrogens with one attached hydrogen (secondary N) is 1. The number of hydrogen-bond acceptors (Lipinski definition) is 4. The minimum atomic E-state index is -4.23. The summed E-state index contributed by atoms with van der Waals surface area (Å²) in [5, 5.41) is 5.28. The molecule has 1 N–H and O–H groups in total. The Hall–Kier alpha value is -1.81. The predicted octanol–water partition coefficient (Wildman–Crippen LogP) is 1.89. The average molecular weight is 420 g/mol. The maximum Gasteiger partial charge on any atom is 0.403 e. The number of piperazine rings is 1. The van der Waals surface area contributed by atoms with Crippen molar-refractivity contribution in [1.29, 1.82) is 0 Å². The molecule has 1 atom stereocenters. The van der Waals surface area contributed by atoms with E-state index in [1.54, 1.807) is 25.4 Å². The summed E-state index contributed by atoms with van der Waals surface area (Å²) < 4.78 is 38.8. The van der Waals surface area contributed by atoms with Crippen molar-refractivity contribution in [2.45, 2.75) is 25.6 Å². The summed E-state index contributed by atoms with van der Waals surface area (Å²) in [7, 11) is 3.33. The topological polar surface area (TPSA) is 51.2 Å². The molecule has 2 rings (SSSR count). The van der Waals surface area contributed by atoms with E-state index in [9.17, 15) is 18.0 Å². The summed E-state index contributed by atoms with van der Waals surface area (Å²) >= 11 is 1.67. The Balaban J connectivity index is 1.96. The summed E-state index contributed by atoms with van der Waals surface area (Å²) in [5.74, 6) is 0.452. The van der Waals surface area contributed by atoms with Crippen molar-refractivity contribution >= 4 is 23.2 Å². The van der Waals surface area contributed by atoms with Crippen LogP contribution in [0, 0.1) is 0 Å². The SMILES string of the molecule is CC(N1CCN(C(=NCC(=O)N(C)C)NCCc2cccs2)CC1)C(F)(F)F. The maximum atomic E-state index is 12.9. The van der Waals surface area contributed by atoms with Crippen molar-refractivity contribution in [3.05, 3.63) is 22.4 Å². The van der Waals surface area contributed by atoms with Gasteiger partial charge in [-0.1, -0.05) is 6.07 Å². The van der Waals surface area contributed by atoms with Crippen LogP contribution in [-0.2, 0) is 11.2 Å². The summed E-state index contributed by atoms with van der Waals surface area (Å²) in [4.78, 5) is 22.4. The first-order chi connectivity index (χ1) is 13.2. The molecule has 158 valence electrons. The molecule has 0 spiro atoms. The number of halogens is 3. The lowest BCUT2D eigenvalue weighted by Gasteiger charge is -2.39. The largest absolute Gasteiger partial charge is 0.403 e. The molecule has 28 heavy (non-hydrogen) atoms. The van der Waals surface area contributed by atoms with E-state index in [4.69, 9.17) is 0 Å². The fraction of sp³-hybridized carbons (Fsp3) is 0.667. The molecule has 1 saturated heterocycles. The van der Waals surface area contributed by atoms with Gasteiger partial charge >= 0.3 is 6.18 Å². The summed E-state index contributed by atoms with van der Waals surface area (Å²) in [5.41, 5.74) is 0. The van der Waals surface area contributed by atoms with Crippen molar-refractivity contribution in [3.63, 3.8) is 0 Å². The quantitative estimate of drug-likeness (QED) is 0.565. The van der Waals surface area contributed by atoms with Crippen LogP contribution < -0.4 is 5.32 Å². The molecule has 1 fully saturated rings. The molecular formula is C18H28F3N5OS. The number of carbonyl (C=O) groups is 1. The third-order valence-electron chi connectivity index (χ3n) is 4.73. The Labute approximate surface area is 168 Å². The number of alkyl halides is 3. The van der Waals surface area contributed by atoms with Crippen molar-refractivity contribution in [1.82, 2.24) is 20.0 Å². The number of aliphatic imine (C=N–C) groups is 1. The lowest BCUT2D eigenvalue weighted by Crippen LogP contribution is -2.57. The lowest BCUT2D eigenvalue weighted by molar-refractivity contribution is -0.181. The third kappa shape index (κ3) is 6.66. The van der Waals surface area contributed by atoms with Gasteiger partial charge in [0.2, 0.25) is 5.91 Å². The maximum absolute atomic E-state index is 12.9. The van der Waals surface area contributed by atoms with Crippen molar-refractivity contribution in [2.75, 3.05) is 53.4 Å². The standard InChI is InChI=1S/C18H28F3N5OS/c1-14(18(19,20)21)25-8-10-26(11-9-25)17(23-13-16(27)24(2)3)22-7-6-15-5-4-12-28-15/h4-5,12,14H,6-11,13H2,1-3H3,(H,22,23). The smallest absolute Gasteiger partial charge is 0.356 e. The molecule has 1 aromatic rings. The summed E-state index contributed by atoms with van der Waals surface area (Å²) in [6.45, 7) is 3.31. The number of rotatable bonds is 6. The lowest BCUT2D eigenvalue weighted by atomic mass is 10.2. The predicted molar refractivity (Wildman–Crippen MR) is 106 cm³/mol. The number of hydrogen-bond donors (Lipinski definition) is 1. The number of guanidine groups is 1. The van der Waals surface area contributed by atoms with Crippen LogP contribution in [0.15, 0.2) is 22.5 Å². The van der Waals surface area contributed by atoms with E-state index in [2.05, 4.69) is 16.4 Å². The van der Waals surface area contributed by atoms with Crippen LogP contribution >= 0.6 is 11.3 Å². The van der Waals surface area contributed by atoms with Crippen LogP contribution in [0.25, 0.3) is 0 Å². The van der Waals surface area contributed by atoms with Gasteiger partial charge in [0.05, 0.1) is 0 Å². The molecule has 0 bridgehead atoms. The van der Waals surface area contributed by atoms with Gasteiger partial charge in [-0.15, -0.1) is 11.3 Å². The van der Waals surface area contributed by atoms with Gasteiger partial charge in [-0.25, -0.2) is 4.99 Å². The zero-order valence-electron chi connectivity index (χ0n) is 16.5. The van der Waals surface area contributed by atoms with Gasteiger partial charge in [0.1, 0.15) is 12.6 Å². The number of thiophene rings is 1. The fourth-order valence-electron chi connectivity index (χ4n) is 2.83. The molecule has 0 saturated carbocycles. The van der Waals surface area contributed by atoms with Crippen molar-refractivity contribution in [3.8, 4) is 0 Å². The highest BCUT2D eigenvalue weighted by molar-refractivity contribution is 7.09. The van der Waals surface area contributed by atoms with Crippen LogP contribution in [0.3, 0.4) is 0 Å². The molecule has 0 aromatic carbocycles. The zero-order chi connectivity index (χ0) is 20.7. The molecule has 10 heteroatoms. The first-order valence-electron chi connectivity index (χ1n) is 9.25. The molecule has 1 unspecified atom stereocenters. The van der Waals surface area contributed by atoms with Crippen LogP contribution in [0.5, 0.6) is 0 Å². The minimum Gasteiger partial charge on any atom is -0.356 e. The number of amides is 1. The molecule has 2 heterocycles. The monoisotopic (exact) mass is 419 g/mol. The molecule has 1 aromatic heterocycles. The average Bonchev–Trinajstić information content (AvgIpc) is 3.16. The Kier molecular flexibility index (Phi) is 8.11. The molecule has 1 amide bonds. The van der Waals surface area contributed by atoms with E-state index in [0.29, 0.717) is 38.7 Å². The van der Waals surface area contributed by atoms with E-state index in [-0.39, 0.29) is 12.5 Å². The molecule has 1 aliphatic rings. The van der Waals surface area contributed by atoms with Crippen molar-refractivity contribution in [2.24, 2.45) is 4.99 Å². The Morgan fingerprint density at radius 3 is 2.54 bits per heavy atom. The van der Waals surface area contributed by atoms with Gasteiger partial charge in [-0.3, -0.25) is 9.69 Å². The van der Waals surface area contributed by atoms with E-state index >= 15 is 0 Å². The number of carbonyl (C=O) groups excluding carboxylic acids is 1. The molecule has 1 aliphatic heterocycles. The highest BCUT2D eigenvalue weighted by atomic mass is 32.1. The van der Waals surface area contributed by atoms with Gasteiger partial charge in [0.25, 0.3) is 0 Å². The summed E-state index contributed by atoms with van der Waals surface area (Å²) in [6, 6.07) is 2.58. The Morgan fingerprint density at radius 1 is 1.32 bits per heavy atom. The second kappa shape index (κ2) is 10.1. The van der Waals surface area contributed by atoms with Gasteiger partial charge in [0, 0.05) is 51.7 Å². The van der Waals surface area contributed by atoms with E-state index in [1.165, 1.54) is 21.6 Å². The van der Waals surface area contributed by atoms with E-state index < -0.39 is 12.2 Å². The number of likely N-dealkylation sites (N-methyl/N-ethyl adjacent to an activating group) is 1. The van der Waals surface area contributed by atoms with Crippen LogP contribution in [0.4, 0.5) is 13.2 Å². The van der Waals surface area contributed by atoms with Gasteiger partial charge in [-0.2, -0.15) is 13.2 Å². The van der Waals surface area contributed by atoms with Crippen LogP contribution in [0.1, 0.15) is 11.8 Å². The zero-order valence-corrected chi connectivity index (χ0v) is 17.3. The summed E-state index contributed by atoms with van der Waals surface area (Å²) in [6.07, 6.45) is -3.40.